The summed E-state index contributed by atoms with van der Waals surface area (Å²) in [6.07, 6.45) is 0. The number of hydrogen-bond acceptors (Lipinski definition) is 1. The van der Waals surface area contributed by atoms with Gasteiger partial charge in [-0.05, 0) is 40.1 Å². The minimum Gasteiger partial charge on any atom is -0.207 e. The van der Waals surface area contributed by atoms with E-state index in [0.717, 1.165) is 16.5 Å². The zero-order chi connectivity index (χ0) is 13.4. The Bertz CT molecular complexity index is 738. The van der Waals surface area contributed by atoms with Gasteiger partial charge >= 0.3 is 0 Å². The Balaban J connectivity index is 2.10. The maximum Gasteiger partial charge on any atom is 0.124 e. The molecule has 0 aliphatic rings. The number of rotatable bonds is 2. The van der Waals surface area contributed by atoms with Crippen molar-refractivity contribution in [1.29, 1.82) is 0 Å². The van der Waals surface area contributed by atoms with Crippen molar-refractivity contribution in [1.82, 2.24) is 0 Å². The molecular weight excluding hydrogens is 347 g/mol. The highest BCUT2D eigenvalue weighted by atomic mass is 79.9. The van der Waals surface area contributed by atoms with Gasteiger partial charge in [0.2, 0.25) is 0 Å². The molecule has 0 nitrogen and oxygen atoms in total. The van der Waals surface area contributed by atoms with Crippen molar-refractivity contribution < 1.29 is 4.39 Å². The van der Waals surface area contributed by atoms with Crippen LogP contribution in [-0.4, -0.2) is 0 Å². The lowest BCUT2D eigenvalue weighted by molar-refractivity contribution is 0.626. The largest absolute Gasteiger partial charge is 0.207 e. The predicted octanol–water partition coefficient (Wildman–Crippen LogP) is 6.13. The van der Waals surface area contributed by atoms with E-state index in [1.165, 1.54) is 16.8 Å². The lowest BCUT2D eigenvalue weighted by atomic mass is 10.0. The second kappa shape index (κ2) is 5.23. The van der Waals surface area contributed by atoms with Crippen LogP contribution in [0.1, 0.15) is 16.5 Å². The molecule has 96 valence electrons. The second-order valence-electron chi connectivity index (χ2n) is 4.22. The first-order valence-corrected chi connectivity index (χ1v) is 7.83. The SMILES string of the molecule is Fc1ccc(C(Cl)c2csc3ccccc23)c(Br)c1. The van der Waals surface area contributed by atoms with Crippen molar-refractivity contribution in [2.24, 2.45) is 0 Å². The summed E-state index contributed by atoms with van der Waals surface area (Å²) < 4.78 is 15.0. The second-order valence-corrected chi connectivity index (χ2v) is 6.42. The number of hydrogen-bond donors (Lipinski definition) is 0. The van der Waals surface area contributed by atoms with Crippen molar-refractivity contribution in [2.45, 2.75) is 5.38 Å². The van der Waals surface area contributed by atoms with Gasteiger partial charge in [-0.3, -0.25) is 0 Å². The Labute approximate surface area is 128 Å². The molecule has 0 saturated heterocycles. The fourth-order valence-electron chi connectivity index (χ4n) is 2.07. The van der Waals surface area contributed by atoms with Gasteiger partial charge in [-0.1, -0.05) is 40.2 Å². The zero-order valence-corrected chi connectivity index (χ0v) is 12.9. The number of alkyl halides is 1. The van der Waals surface area contributed by atoms with Gasteiger partial charge in [0.1, 0.15) is 5.82 Å². The maximum absolute atomic E-state index is 13.1. The lowest BCUT2D eigenvalue weighted by Crippen LogP contribution is -1.94. The van der Waals surface area contributed by atoms with Gasteiger partial charge in [-0.15, -0.1) is 22.9 Å². The molecule has 0 saturated carbocycles. The summed E-state index contributed by atoms with van der Waals surface area (Å²) >= 11 is 11.6. The summed E-state index contributed by atoms with van der Waals surface area (Å²) in [5, 5.41) is 2.94. The van der Waals surface area contributed by atoms with Gasteiger partial charge in [-0.2, -0.15) is 0 Å². The number of benzene rings is 2. The zero-order valence-electron chi connectivity index (χ0n) is 9.74. The quantitative estimate of drug-likeness (QED) is 0.485. The third kappa shape index (κ3) is 2.42. The highest BCUT2D eigenvalue weighted by Crippen LogP contribution is 2.39. The van der Waals surface area contributed by atoms with Crippen LogP contribution in [0.4, 0.5) is 4.39 Å². The van der Waals surface area contributed by atoms with Gasteiger partial charge in [-0.25, -0.2) is 4.39 Å². The van der Waals surface area contributed by atoms with E-state index >= 15 is 0 Å². The average molecular weight is 356 g/mol. The molecule has 1 unspecified atom stereocenters. The van der Waals surface area contributed by atoms with Gasteiger partial charge < -0.3 is 0 Å². The minimum absolute atomic E-state index is 0.269. The topological polar surface area (TPSA) is 0 Å². The first-order chi connectivity index (χ1) is 9.16. The van der Waals surface area contributed by atoms with Gasteiger partial charge in [0.15, 0.2) is 0 Å². The van der Waals surface area contributed by atoms with Crippen LogP contribution in [0.25, 0.3) is 10.1 Å². The fourth-order valence-corrected chi connectivity index (χ4v) is 4.21. The molecule has 0 bridgehead atoms. The van der Waals surface area contributed by atoms with Crippen molar-refractivity contribution in [3.8, 4) is 0 Å². The van der Waals surface area contributed by atoms with E-state index in [-0.39, 0.29) is 11.2 Å². The van der Waals surface area contributed by atoms with Crippen LogP contribution in [0, 0.1) is 5.82 Å². The van der Waals surface area contributed by atoms with Gasteiger partial charge in [0, 0.05) is 9.17 Å². The summed E-state index contributed by atoms with van der Waals surface area (Å²) in [7, 11) is 0. The summed E-state index contributed by atoms with van der Waals surface area (Å²) in [4.78, 5) is 0. The minimum atomic E-state index is -0.286. The molecule has 4 heteroatoms. The van der Waals surface area contributed by atoms with Crippen molar-refractivity contribution in [3.63, 3.8) is 0 Å². The molecule has 0 aliphatic heterocycles. The predicted molar refractivity (Wildman–Crippen MR) is 83.6 cm³/mol. The highest BCUT2D eigenvalue weighted by molar-refractivity contribution is 9.10. The molecule has 0 fully saturated rings. The molecule has 0 aliphatic carbocycles. The van der Waals surface area contributed by atoms with Crippen LogP contribution in [0.2, 0.25) is 0 Å². The monoisotopic (exact) mass is 354 g/mol. The Kier molecular flexibility index (Phi) is 3.61. The molecule has 2 aromatic carbocycles. The molecule has 3 aromatic rings. The molecule has 0 radical (unpaired) electrons. The van der Waals surface area contributed by atoms with Crippen LogP contribution in [0.5, 0.6) is 0 Å². The molecule has 3 rings (SSSR count). The normalized spacial score (nSPS) is 12.8. The Morgan fingerprint density at radius 2 is 1.89 bits per heavy atom. The molecule has 0 N–H and O–H groups in total. The van der Waals surface area contributed by atoms with Gasteiger partial charge in [0.25, 0.3) is 0 Å². The smallest absolute Gasteiger partial charge is 0.124 e. The molecule has 1 heterocycles. The Morgan fingerprint density at radius 1 is 1.11 bits per heavy atom. The molecule has 1 aromatic heterocycles. The Hall–Kier alpha value is -0.900. The van der Waals surface area contributed by atoms with Crippen LogP contribution in [0.15, 0.2) is 52.3 Å². The summed E-state index contributed by atoms with van der Waals surface area (Å²) in [6, 6.07) is 12.8. The lowest BCUT2D eigenvalue weighted by Gasteiger charge is -2.11. The molecule has 19 heavy (non-hydrogen) atoms. The Morgan fingerprint density at radius 3 is 2.68 bits per heavy atom. The number of fused-ring (bicyclic) bond motifs is 1. The van der Waals surface area contributed by atoms with E-state index < -0.39 is 0 Å². The van der Waals surface area contributed by atoms with E-state index in [1.807, 2.05) is 12.1 Å². The van der Waals surface area contributed by atoms with Crippen LogP contribution >= 0.6 is 38.9 Å². The van der Waals surface area contributed by atoms with Crippen molar-refractivity contribution in [2.75, 3.05) is 0 Å². The summed E-state index contributed by atoms with van der Waals surface area (Å²) in [5.41, 5.74) is 1.95. The fraction of sp³-hybridized carbons (Fsp3) is 0.0667. The van der Waals surface area contributed by atoms with E-state index in [0.29, 0.717) is 4.47 Å². The number of thiophene rings is 1. The maximum atomic E-state index is 13.1. The van der Waals surface area contributed by atoms with E-state index in [4.69, 9.17) is 11.6 Å². The van der Waals surface area contributed by atoms with Crippen LogP contribution in [0.3, 0.4) is 0 Å². The molecule has 1 atom stereocenters. The van der Waals surface area contributed by atoms with Crippen molar-refractivity contribution >= 4 is 49.0 Å². The standard InChI is InChI=1S/C15H9BrClFS/c16-13-7-9(18)5-6-11(13)15(17)12-8-19-14-4-2-1-3-10(12)14/h1-8,15H. The average Bonchev–Trinajstić information content (AvgIpc) is 2.82. The van der Waals surface area contributed by atoms with Crippen LogP contribution in [-0.2, 0) is 0 Å². The first-order valence-electron chi connectivity index (χ1n) is 5.72. The molecule has 0 amide bonds. The third-order valence-corrected chi connectivity index (χ3v) is 5.16. The van der Waals surface area contributed by atoms with E-state index in [2.05, 4.69) is 33.4 Å². The summed E-state index contributed by atoms with van der Waals surface area (Å²) in [6.45, 7) is 0. The molecular formula is C15H9BrClFS. The van der Waals surface area contributed by atoms with E-state index in [1.54, 1.807) is 17.4 Å². The van der Waals surface area contributed by atoms with Crippen LogP contribution < -0.4 is 0 Å². The molecule has 0 spiro atoms. The first kappa shape index (κ1) is 13.1. The van der Waals surface area contributed by atoms with E-state index in [9.17, 15) is 4.39 Å². The third-order valence-electron chi connectivity index (χ3n) is 3.02. The highest BCUT2D eigenvalue weighted by Gasteiger charge is 2.18. The number of halogens is 3. The summed E-state index contributed by atoms with van der Waals surface area (Å²) in [5.74, 6) is -0.269. The van der Waals surface area contributed by atoms with Gasteiger partial charge in [0.05, 0.1) is 5.38 Å². The van der Waals surface area contributed by atoms with Crippen molar-refractivity contribution in [3.05, 3.63) is 69.3 Å².